The molecule has 0 unspecified atom stereocenters. The maximum Gasteiger partial charge on any atom is 0.180 e. The van der Waals surface area contributed by atoms with Crippen LogP contribution in [0.5, 0.6) is 5.75 Å². The molecule has 0 atom stereocenters. The summed E-state index contributed by atoms with van der Waals surface area (Å²) in [5, 5.41) is 19.8. The van der Waals surface area contributed by atoms with E-state index in [9.17, 15) is 5.11 Å². The second-order valence-corrected chi connectivity index (χ2v) is 3.48. The van der Waals surface area contributed by atoms with Crippen LogP contribution >= 0.6 is 0 Å². The Morgan fingerprint density at radius 1 is 0.875 bits per heavy atom. The number of fused-ring (bicyclic) bond motifs is 1. The van der Waals surface area contributed by atoms with Crippen LogP contribution in [-0.4, -0.2) is 15.0 Å². The zero-order chi connectivity index (χ0) is 11.0. The lowest BCUT2D eigenvalue weighted by Crippen LogP contribution is -1.97. The minimum Gasteiger partial charge on any atom is -0.290 e. The first-order chi connectivity index (χ1) is 7.83. The highest BCUT2D eigenvalue weighted by Crippen LogP contribution is 2.16. The van der Waals surface area contributed by atoms with Gasteiger partial charge in [0.1, 0.15) is 11.0 Å². The molecule has 0 aliphatic heterocycles. The molecule has 3 rings (SSSR count). The van der Waals surface area contributed by atoms with Crippen LogP contribution in [0, 0.1) is 0 Å². The van der Waals surface area contributed by atoms with Crippen LogP contribution in [0.4, 0.5) is 0 Å². The lowest BCUT2D eigenvalue weighted by molar-refractivity contribution is 0.354. The highest BCUT2D eigenvalue weighted by atomic mass is 16.3. The molecule has 16 heavy (non-hydrogen) atoms. The molecule has 0 saturated carbocycles. The molecule has 77 valence electrons. The van der Waals surface area contributed by atoms with Crippen LogP contribution in [0.2, 0.25) is 0 Å². The fourth-order valence-corrected chi connectivity index (χ4v) is 1.58. The van der Waals surface area contributed by atoms with Gasteiger partial charge in [-0.3, -0.25) is 5.11 Å². The Morgan fingerprint density at radius 2 is 1.56 bits per heavy atom. The molecule has 1 aromatic heterocycles. The van der Waals surface area contributed by atoms with Crippen molar-refractivity contribution in [1.82, 2.24) is 15.0 Å². The lowest BCUT2D eigenvalue weighted by atomic mass is 10.3. The molecule has 4 nitrogen and oxygen atoms in total. The summed E-state index contributed by atoms with van der Waals surface area (Å²) < 4.78 is 0. The fraction of sp³-hybridized carbons (Fsp3) is 0. The quantitative estimate of drug-likeness (QED) is 0.619. The Bertz CT molecular complexity index is 612. The SMILES string of the molecule is [O]c1cccc(-n2nc3ccccc3n2)c1. The van der Waals surface area contributed by atoms with E-state index in [0.29, 0.717) is 5.69 Å². The second kappa shape index (κ2) is 3.34. The van der Waals surface area contributed by atoms with E-state index in [0.717, 1.165) is 11.0 Å². The predicted molar refractivity (Wildman–Crippen MR) is 59.0 cm³/mol. The first-order valence-corrected chi connectivity index (χ1v) is 4.92. The molecule has 1 radical (unpaired) electrons. The van der Waals surface area contributed by atoms with Crippen molar-refractivity contribution in [1.29, 1.82) is 0 Å². The molecule has 0 spiro atoms. The van der Waals surface area contributed by atoms with Gasteiger partial charge < -0.3 is 0 Å². The fourth-order valence-electron chi connectivity index (χ4n) is 1.58. The number of hydrogen-bond donors (Lipinski definition) is 0. The molecule has 1 heterocycles. The van der Waals surface area contributed by atoms with E-state index in [4.69, 9.17) is 0 Å². The van der Waals surface area contributed by atoms with Gasteiger partial charge in [-0.15, -0.1) is 10.2 Å². The zero-order valence-electron chi connectivity index (χ0n) is 8.37. The van der Waals surface area contributed by atoms with Gasteiger partial charge in [0.25, 0.3) is 0 Å². The number of benzene rings is 2. The summed E-state index contributed by atoms with van der Waals surface area (Å²) in [5.41, 5.74) is 2.32. The third-order valence-electron chi connectivity index (χ3n) is 2.34. The highest BCUT2D eigenvalue weighted by molar-refractivity contribution is 5.73. The average Bonchev–Trinajstić information content (AvgIpc) is 2.72. The van der Waals surface area contributed by atoms with Crippen LogP contribution in [0.25, 0.3) is 16.7 Å². The molecule has 0 N–H and O–H groups in total. The normalized spacial score (nSPS) is 10.8. The van der Waals surface area contributed by atoms with E-state index >= 15 is 0 Å². The molecular weight excluding hydrogens is 202 g/mol. The highest BCUT2D eigenvalue weighted by Gasteiger charge is 2.04. The Balaban J connectivity index is 2.19. The summed E-state index contributed by atoms with van der Waals surface area (Å²) in [6.07, 6.45) is 0. The summed E-state index contributed by atoms with van der Waals surface area (Å²) in [5.74, 6) is -0.0427. The topological polar surface area (TPSA) is 50.6 Å². The van der Waals surface area contributed by atoms with Crippen molar-refractivity contribution in [3.63, 3.8) is 0 Å². The minimum atomic E-state index is -0.0427. The third-order valence-corrected chi connectivity index (χ3v) is 2.34. The Hall–Kier alpha value is -2.36. The summed E-state index contributed by atoms with van der Waals surface area (Å²) >= 11 is 0. The van der Waals surface area contributed by atoms with Crippen molar-refractivity contribution >= 4 is 11.0 Å². The molecule has 4 heteroatoms. The molecule has 0 saturated heterocycles. The van der Waals surface area contributed by atoms with Crippen molar-refractivity contribution in [3.05, 3.63) is 48.5 Å². The maximum absolute atomic E-state index is 11.2. The minimum absolute atomic E-state index is 0.0427. The van der Waals surface area contributed by atoms with Gasteiger partial charge in [-0.05, 0) is 24.3 Å². The van der Waals surface area contributed by atoms with Crippen molar-refractivity contribution in [2.45, 2.75) is 0 Å². The largest absolute Gasteiger partial charge is 0.290 e. The van der Waals surface area contributed by atoms with Crippen LogP contribution in [0.15, 0.2) is 48.5 Å². The number of nitrogens with zero attached hydrogens (tertiary/aromatic N) is 3. The van der Waals surface area contributed by atoms with Gasteiger partial charge in [0.15, 0.2) is 5.75 Å². The van der Waals surface area contributed by atoms with E-state index in [1.807, 2.05) is 24.3 Å². The van der Waals surface area contributed by atoms with Gasteiger partial charge in [0.2, 0.25) is 0 Å². The van der Waals surface area contributed by atoms with Gasteiger partial charge in [-0.2, -0.15) is 4.80 Å². The Labute approximate surface area is 91.8 Å². The molecule has 2 aromatic carbocycles. The number of aromatic nitrogens is 3. The van der Waals surface area contributed by atoms with Crippen LogP contribution < -0.4 is 0 Å². The van der Waals surface area contributed by atoms with Gasteiger partial charge in [-0.1, -0.05) is 18.2 Å². The maximum atomic E-state index is 11.2. The molecule has 3 aromatic rings. The zero-order valence-corrected chi connectivity index (χ0v) is 8.37. The van der Waals surface area contributed by atoms with Crippen molar-refractivity contribution < 1.29 is 5.11 Å². The lowest BCUT2D eigenvalue weighted by Gasteiger charge is -1.97. The van der Waals surface area contributed by atoms with Crippen molar-refractivity contribution in [2.75, 3.05) is 0 Å². The van der Waals surface area contributed by atoms with Crippen LogP contribution in [0.1, 0.15) is 0 Å². The molecule has 0 aliphatic rings. The van der Waals surface area contributed by atoms with Crippen molar-refractivity contribution in [2.24, 2.45) is 0 Å². The van der Waals surface area contributed by atoms with Crippen LogP contribution in [-0.2, 0) is 5.11 Å². The Kier molecular flexibility index (Phi) is 1.86. The molecule has 0 bridgehead atoms. The van der Waals surface area contributed by atoms with E-state index in [1.54, 1.807) is 12.1 Å². The van der Waals surface area contributed by atoms with Gasteiger partial charge in [0, 0.05) is 6.07 Å². The standard InChI is InChI=1S/C12H8N3O/c16-10-5-3-4-9(8-10)15-13-11-6-1-2-7-12(11)14-15/h1-8H. The molecular formula is C12H8N3O. The Morgan fingerprint density at radius 3 is 2.19 bits per heavy atom. The van der Waals surface area contributed by atoms with Gasteiger partial charge in [-0.25, -0.2) is 0 Å². The second-order valence-electron chi connectivity index (χ2n) is 3.48. The molecule has 0 aliphatic carbocycles. The smallest absolute Gasteiger partial charge is 0.180 e. The third kappa shape index (κ3) is 1.40. The van der Waals surface area contributed by atoms with Crippen LogP contribution in [0.3, 0.4) is 0 Å². The summed E-state index contributed by atoms with van der Waals surface area (Å²) in [6.45, 7) is 0. The van der Waals surface area contributed by atoms with Gasteiger partial charge in [0.05, 0.1) is 5.69 Å². The summed E-state index contributed by atoms with van der Waals surface area (Å²) in [6, 6.07) is 14.1. The number of hydrogen-bond acceptors (Lipinski definition) is 2. The van der Waals surface area contributed by atoms with E-state index < -0.39 is 0 Å². The first kappa shape index (κ1) is 8.91. The van der Waals surface area contributed by atoms with Gasteiger partial charge >= 0.3 is 0 Å². The summed E-state index contributed by atoms with van der Waals surface area (Å²) in [7, 11) is 0. The monoisotopic (exact) mass is 210 g/mol. The average molecular weight is 210 g/mol. The van der Waals surface area contributed by atoms with Crippen molar-refractivity contribution in [3.8, 4) is 11.4 Å². The first-order valence-electron chi connectivity index (χ1n) is 4.92. The number of rotatable bonds is 1. The predicted octanol–water partition coefficient (Wildman–Crippen LogP) is 2.56. The van der Waals surface area contributed by atoms with E-state index in [1.165, 1.54) is 16.9 Å². The molecule has 0 amide bonds. The molecule has 0 fully saturated rings. The van der Waals surface area contributed by atoms with E-state index in [-0.39, 0.29) is 5.75 Å². The summed E-state index contributed by atoms with van der Waals surface area (Å²) in [4.78, 5) is 1.48. The van der Waals surface area contributed by atoms with E-state index in [2.05, 4.69) is 10.2 Å².